The van der Waals surface area contributed by atoms with Crippen molar-refractivity contribution in [1.82, 2.24) is 15.2 Å². The zero-order valence-electron chi connectivity index (χ0n) is 11.2. The number of hydrogen-bond acceptors (Lipinski definition) is 4. The zero-order chi connectivity index (χ0) is 14.4. The van der Waals surface area contributed by atoms with E-state index in [4.69, 9.17) is 0 Å². The summed E-state index contributed by atoms with van der Waals surface area (Å²) < 4.78 is 0. The molecule has 2 N–H and O–H groups in total. The Balaban J connectivity index is 1.68. The minimum absolute atomic E-state index is 0.0247. The Bertz CT molecular complexity index is 734. The summed E-state index contributed by atoms with van der Waals surface area (Å²) in [6, 6.07) is 7.19. The summed E-state index contributed by atoms with van der Waals surface area (Å²) >= 11 is 0. The number of fused-ring (bicyclic) bond motifs is 1. The molecule has 4 rings (SSSR count). The number of aromatic amines is 1. The molecule has 0 saturated heterocycles. The number of benzene rings is 1. The van der Waals surface area contributed by atoms with Crippen LogP contribution < -0.4 is 10.2 Å². The minimum atomic E-state index is -0.361. The first-order valence-electron chi connectivity index (χ1n) is 6.85. The summed E-state index contributed by atoms with van der Waals surface area (Å²) in [6.07, 6.45) is 2.16. The number of anilines is 2. The number of carbonyl (C=O) groups excluding carboxylic acids is 2. The van der Waals surface area contributed by atoms with Crippen molar-refractivity contribution in [3.63, 3.8) is 0 Å². The third-order valence-corrected chi connectivity index (χ3v) is 3.67. The molecular formula is C14H13N5O2. The maximum absolute atomic E-state index is 12.6. The average Bonchev–Trinajstić information content (AvgIpc) is 3.23. The molecular weight excluding hydrogens is 270 g/mol. The number of carbonyl (C=O) groups is 2. The SMILES string of the molecule is O=C1CN(C(=O)c2n[nH]c(C3CC3)n2)c2ccccc2N1. The number of para-hydroxylation sites is 2. The first-order chi connectivity index (χ1) is 10.2. The topological polar surface area (TPSA) is 91.0 Å². The maximum atomic E-state index is 12.6. The van der Waals surface area contributed by atoms with Gasteiger partial charge in [0.25, 0.3) is 5.91 Å². The van der Waals surface area contributed by atoms with Gasteiger partial charge in [0, 0.05) is 5.92 Å². The van der Waals surface area contributed by atoms with Gasteiger partial charge in [-0.15, -0.1) is 5.10 Å². The highest BCUT2D eigenvalue weighted by Gasteiger charge is 2.32. The van der Waals surface area contributed by atoms with Gasteiger partial charge in [0.1, 0.15) is 12.4 Å². The summed E-state index contributed by atoms with van der Waals surface area (Å²) in [6.45, 7) is -0.0247. The van der Waals surface area contributed by atoms with Crippen LogP contribution >= 0.6 is 0 Å². The van der Waals surface area contributed by atoms with Gasteiger partial charge in [0.05, 0.1) is 11.4 Å². The lowest BCUT2D eigenvalue weighted by molar-refractivity contribution is -0.115. The number of hydrogen-bond donors (Lipinski definition) is 2. The smallest absolute Gasteiger partial charge is 0.298 e. The van der Waals surface area contributed by atoms with Crippen molar-refractivity contribution in [3.05, 3.63) is 35.9 Å². The van der Waals surface area contributed by atoms with Crippen LogP contribution in [0, 0.1) is 0 Å². The van der Waals surface area contributed by atoms with E-state index in [2.05, 4.69) is 20.5 Å². The molecule has 2 aromatic rings. The molecule has 0 unspecified atom stereocenters. The second kappa shape index (κ2) is 4.41. The van der Waals surface area contributed by atoms with E-state index in [0.29, 0.717) is 17.3 Å². The van der Waals surface area contributed by atoms with Crippen LogP contribution in [0.1, 0.15) is 35.2 Å². The molecule has 1 aromatic heterocycles. The van der Waals surface area contributed by atoms with Crippen molar-refractivity contribution < 1.29 is 9.59 Å². The third kappa shape index (κ3) is 2.06. The Morgan fingerprint density at radius 3 is 2.90 bits per heavy atom. The molecule has 106 valence electrons. The van der Waals surface area contributed by atoms with Crippen LogP contribution in [0.3, 0.4) is 0 Å². The van der Waals surface area contributed by atoms with Gasteiger partial charge in [-0.1, -0.05) is 12.1 Å². The van der Waals surface area contributed by atoms with Crippen LogP contribution in [-0.2, 0) is 4.79 Å². The van der Waals surface area contributed by atoms with Gasteiger partial charge < -0.3 is 5.32 Å². The fourth-order valence-electron chi connectivity index (χ4n) is 2.44. The van der Waals surface area contributed by atoms with E-state index >= 15 is 0 Å². The Labute approximate surface area is 120 Å². The molecule has 1 aliphatic heterocycles. The van der Waals surface area contributed by atoms with Crippen molar-refractivity contribution in [3.8, 4) is 0 Å². The highest BCUT2D eigenvalue weighted by molar-refractivity contribution is 6.13. The van der Waals surface area contributed by atoms with Crippen LogP contribution in [0.15, 0.2) is 24.3 Å². The van der Waals surface area contributed by atoms with E-state index in [1.807, 2.05) is 12.1 Å². The fourth-order valence-corrected chi connectivity index (χ4v) is 2.44. The van der Waals surface area contributed by atoms with Gasteiger partial charge in [-0.25, -0.2) is 4.98 Å². The molecule has 1 fully saturated rings. The van der Waals surface area contributed by atoms with Crippen molar-refractivity contribution in [1.29, 1.82) is 0 Å². The second-order valence-electron chi connectivity index (χ2n) is 5.28. The number of nitrogens with zero attached hydrogens (tertiary/aromatic N) is 3. The number of amides is 2. The van der Waals surface area contributed by atoms with E-state index in [1.54, 1.807) is 12.1 Å². The van der Waals surface area contributed by atoms with Crippen LogP contribution in [0.4, 0.5) is 11.4 Å². The van der Waals surface area contributed by atoms with Crippen LogP contribution in [0.2, 0.25) is 0 Å². The Morgan fingerprint density at radius 1 is 1.29 bits per heavy atom. The summed E-state index contributed by atoms with van der Waals surface area (Å²) in [5.41, 5.74) is 1.29. The lowest BCUT2D eigenvalue weighted by Gasteiger charge is -2.28. The molecule has 7 nitrogen and oxygen atoms in total. The zero-order valence-corrected chi connectivity index (χ0v) is 11.2. The summed E-state index contributed by atoms with van der Waals surface area (Å²) in [7, 11) is 0. The van der Waals surface area contributed by atoms with Crippen LogP contribution in [0.5, 0.6) is 0 Å². The Kier molecular flexibility index (Phi) is 2.53. The van der Waals surface area contributed by atoms with E-state index in [0.717, 1.165) is 18.7 Å². The van der Waals surface area contributed by atoms with Gasteiger partial charge >= 0.3 is 0 Å². The van der Waals surface area contributed by atoms with E-state index in [9.17, 15) is 9.59 Å². The number of rotatable bonds is 2. The predicted molar refractivity (Wildman–Crippen MR) is 75.1 cm³/mol. The quantitative estimate of drug-likeness (QED) is 0.868. The standard InChI is InChI=1S/C14H13N5O2/c20-11-7-19(10-4-2-1-3-9(10)15-11)14(21)13-16-12(17-18-13)8-5-6-8/h1-4,8H,5-7H2,(H,15,20)(H,16,17,18). The summed E-state index contributed by atoms with van der Waals surface area (Å²) in [5, 5.41) is 9.55. The normalized spacial score (nSPS) is 17.3. The highest BCUT2D eigenvalue weighted by atomic mass is 16.2. The molecule has 2 amide bonds. The molecule has 0 atom stereocenters. The van der Waals surface area contributed by atoms with Crippen molar-refractivity contribution in [2.45, 2.75) is 18.8 Å². The summed E-state index contributed by atoms with van der Waals surface area (Å²) in [5.74, 6) is 0.686. The summed E-state index contributed by atoms with van der Waals surface area (Å²) in [4.78, 5) is 30.0. The highest BCUT2D eigenvalue weighted by Crippen LogP contribution is 2.38. The number of H-pyrrole nitrogens is 1. The molecule has 2 heterocycles. The van der Waals surface area contributed by atoms with Gasteiger partial charge in [0.2, 0.25) is 11.7 Å². The van der Waals surface area contributed by atoms with Crippen molar-refractivity contribution in [2.75, 3.05) is 16.8 Å². The Hall–Kier alpha value is -2.70. The van der Waals surface area contributed by atoms with E-state index in [-0.39, 0.29) is 24.2 Å². The molecule has 0 radical (unpaired) electrons. The van der Waals surface area contributed by atoms with Gasteiger partial charge in [-0.05, 0) is 25.0 Å². The van der Waals surface area contributed by atoms with E-state index < -0.39 is 0 Å². The third-order valence-electron chi connectivity index (χ3n) is 3.67. The van der Waals surface area contributed by atoms with Gasteiger partial charge in [-0.3, -0.25) is 19.6 Å². The Morgan fingerprint density at radius 2 is 2.10 bits per heavy atom. The first-order valence-corrected chi connectivity index (χ1v) is 6.85. The molecule has 0 spiro atoms. The van der Waals surface area contributed by atoms with Crippen LogP contribution in [0.25, 0.3) is 0 Å². The average molecular weight is 283 g/mol. The molecule has 0 bridgehead atoms. The maximum Gasteiger partial charge on any atom is 0.298 e. The number of aromatic nitrogens is 3. The van der Waals surface area contributed by atoms with Crippen molar-refractivity contribution >= 4 is 23.2 Å². The molecule has 2 aliphatic rings. The number of nitrogens with one attached hydrogen (secondary N) is 2. The van der Waals surface area contributed by atoms with Crippen molar-refractivity contribution in [2.24, 2.45) is 0 Å². The first kappa shape index (κ1) is 12.1. The van der Waals surface area contributed by atoms with Gasteiger partial charge in [-0.2, -0.15) is 0 Å². The largest absolute Gasteiger partial charge is 0.323 e. The van der Waals surface area contributed by atoms with Gasteiger partial charge in [0.15, 0.2) is 0 Å². The lowest BCUT2D eigenvalue weighted by atomic mass is 10.2. The molecule has 7 heteroatoms. The predicted octanol–water partition coefficient (Wildman–Crippen LogP) is 1.28. The molecule has 1 aliphatic carbocycles. The molecule has 21 heavy (non-hydrogen) atoms. The molecule has 1 saturated carbocycles. The minimum Gasteiger partial charge on any atom is -0.323 e. The lowest BCUT2D eigenvalue weighted by Crippen LogP contribution is -2.42. The van der Waals surface area contributed by atoms with E-state index in [1.165, 1.54) is 4.90 Å². The van der Waals surface area contributed by atoms with Crippen LogP contribution in [-0.4, -0.2) is 33.5 Å². The monoisotopic (exact) mass is 283 g/mol. The molecule has 1 aromatic carbocycles. The second-order valence-corrected chi connectivity index (χ2v) is 5.28. The fraction of sp³-hybridized carbons (Fsp3) is 0.286.